The molecule has 0 aliphatic rings. The van der Waals surface area contributed by atoms with Crippen LogP contribution in [-0.4, -0.2) is 19.5 Å². The van der Waals surface area contributed by atoms with Crippen molar-refractivity contribution in [1.29, 1.82) is 0 Å². The highest BCUT2D eigenvalue weighted by Gasteiger charge is 2.19. The first-order valence-corrected chi connectivity index (χ1v) is 18.1. The molecule has 0 amide bonds. The number of rotatable bonds is 5. The van der Waals surface area contributed by atoms with E-state index < -0.39 is 0 Å². The van der Waals surface area contributed by atoms with Gasteiger partial charge in [-0.3, -0.25) is 4.98 Å². The van der Waals surface area contributed by atoms with Gasteiger partial charge in [0.15, 0.2) is 11.4 Å². The van der Waals surface area contributed by atoms with Crippen LogP contribution in [0.15, 0.2) is 187 Å². The predicted octanol–water partition coefficient (Wildman–Crippen LogP) is 12.7. The number of fused-ring (bicyclic) bond motifs is 7. The molecule has 0 bridgehead atoms. The van der Waals surface area contributed by atoms with Crippen LogP contribution in [0.2, 0.25) is 0 Å². The predicted molar refractivity (Wildman–Crippen MR) is 221 cm³/mol. The van der Waals surface area contributed by atoms with Gasteiger partial charge in [0.1, 0.15) is 11.1 Å². The third kappa shape index (κ3) is 4.90. The van der Waals surface area contributed by atoms with E-state index in [9.17, 15) is 0 Å². The summed E-state index contributed by atoms with van der Waals surface area (Å²) in [6.07, 6.45) is 1.88. The van der Waals surface area contributed by atoms with Gasteiger partial charge < -0.3 is 8.98 Å². The molecule has 0 saturated heterocycles. The second-order valence-electron chi connectivity index (χ2n) is 13.7. The Morgan fingerprint density at radius 2 is 1.09 bits per heavy atom. The summed E-state index contributed by atoms with van der Waals surface area (Å²) in [5.74, 6) is 0.671. The Labute approximate surface area is 310 Å². The molecule has 0 aliphatic heterocycles. The molecule has 0 aliphatic carbocycles. The number of aromatic nitrogens is 4. The van der Waals surface area contributed by atoms with E-state index in [1.54, 1.807) is 0 Å². The maximum atomic E-state index is 6.55. The molecule has 252 valence electrons. The average Bonchev–Trinajstić information content (AvgIpc) is 3.80. The van der Waals surface area contributed by atoms with Gasteiger partial charge in [0.2, 0.25) is 0 Å². The second-order valence-corrected chi connectivity index (χ2v) is 13.7. The fourth-order valence-corrected chi connectivity index (χ4v) is 7.89. The molecule has 11 rings (SSSR count). The van der Waals surface area contributed by atoms with Gasteiger partial charge in [0.25, 0.3) is 0 Å². The highest BCUT2D eigenvalue weighted by molar-refractivity contribution is 6.10. The fourth-order valence-electron chi connectivity index (χ4n) is 7.89. The van der Waals surface area contributed by atoms with Crippen molar-refractivity contribution in [3.8, 4) is 50.7 Å². The molecule has 5 heteroatoms. The Morgan fingerprint density at radius 3 is 1.89 bits per heavy atom. The molecule has 4 aromatic heterocycles. The minimum atomic E-state index is 0.671. The van der Waals surface area contributed by atoms with Crippen molar-refractivity contribution in [3.05, 3.63) is 182 Å². The number of hydrogen-bond acceptors (Lipinski definition) is 4. The lowest BCUT2D eigenvalue weighted by atomic mass is 9.98. The highest BCUT2D eigenvalue weighted by atomic mass is 16.3. The van der Waals surface area contributed by atoms with Crippen LogP contribution in [-0.2, 0) is 0 Å². The second kappa shape index (κ2) is 12.1. The minimum Gasteiger partial charge on any atom is -0.454 e. The van der Waals surface area contributed by atoms with E-state index in [0.29, 0.717) is 5.82 Å². The Morgan fingerprint density at radius 1 is 0.444 bits per heavy atom. The molecule has 0 N–H and O–H groups in total. The number of para-hydroxylation sites is 3. The van der Waals surface area contributed by atoms with E-state index in [1.165, 1.54) is 16.2 Å². The summed E-state index contributed by atoms with van der Waals surface area (Å²) in [5.41, 5.74) is 12.3. The van der Waals surface area contributed by atoms with Crippen LogP contribution in [0.25, 0.3) is 105 Å². The van der Waals surface area contributed by atoms with E-state index in [4.69, 9.17) is 19.4 Å². The molecular weight excluding hydrogens is 661 g/mol. The van der Waals surface area contributed by atoms with Crippen LogP contribution >= 0.6 is 0 Å². The van der Waals surface area contributed by atoms with Crippen LogP contribution in [0.5, 0.6) is 0 Å². The van der Waals surface area contributed by atoms with Gasteiger partial charge in [-0.15, -0.1) is 0 Å². The topological polar surface area (TPSA) is 56.7 Å². The van der Waals surface area contributed by atoms with Gasteiger partial charge in [-0.1, -0.05) is 115 Å². The first kappa shape index (κ1) is 30.3. The number of furan rings is 1. The third-order valence-corrected chi connectivity index (χ3v) is 10.4. The number of nitrogens with zero attached hydrogens (tertiary/aromatic N) is 4. The van der Waals surface area contributed by atoms with E-state index in [1.807, 2.05) is 30.5 Å². The Bertz CT molecular complexity index is 3180. The minimum absolute atomic E-state index is 0.671. The zero-order valence-electron chi connectivity index (χ0n) is 29.0. The van der Waals surface area contributed by atoms with Gasteiger partial charge in [0, 0.05) is 50.3 Å². The van der Waals surface area contributed by atoms with Crippen molar-refractivity contribution in [2.45, 2.75) is 0 Å². The molecule has 7 aromatic carbocycles. The van der Waals surface area contributed by atoms with Crippen LogP contribution in [0.3, 0.4) is 0 Å². The van der Waals surface area contributed by atoms with Crippen LogP contribution in [0, 0.1) is 0 Å². The van der Waals surface area contributed by atoms with Crippen molar-refractivity contribution < 1.29 is 4.42 Å². The molecular formula is C49H30N4O. The smallest absolute Gasteiger partial charge is 0.161 e. The summed E-state index contributed by atoms with van der Waals surface area (Å²) >= 11 is 0. The molecule has 4 heterocycles. The quantitative estimate of drug-likeness (QED) is 0.180. The lowest BCUT2D eigenvalue weighted by Gasteiger charge is -2.15. The Kier molecular flexibility index (Phi) is 6.79. The first-order chi connectivity index (χ1) is 26.7. The first-order valence-electron chi connectivity index (χ1n) is 18.1. The summed E-state index contributed by atoms with van der Waals surface area (Å²) in [6, 6.07) is 61.4. The summed E-state index contributed by atoms with van der Waals surface area (Å²) < 4.78 is 8.91. The van der Waals surface area contributed by atoms with Gasteiger partial charge in [0.05, 0.1) is 22.4 Å². The van der Waals surface area contributed by atoms with E-state index in [2.05, 4.69) is 156 Å². The van der Waals surface area contributed by atoms with Gasteiger partial charge in [-0.05, 0) is 77.0 Å². The average molecular weight is 691 g/mol. The SMILES string of the molecule is c1ccc(-c2cc(-c3cc(-c4ccnc5c4oc4ccccc45)cc(-n4c5ccccc5c5ccccc54)c3)nc(-c3ccc4ccccc4c3)n2)cc1. The monoisotopic (exact) mass is 690 g/mol. The largest absolute Gasteiger partial charge is 0.454 e. The third-order valence-electron chi connectivity index (χ3n) is 10.4. The summed E-state index contributed by atoms with van der Waals surface area (Å²) in [6.45, 7) is 0. The lowest BCUT2D eigenvalue weighted by Crippen LogP contribution is -1.99. The molecule has 0 fully saturated rings. The molecule has 54 heavy (non-hydrogen) atoms. The van der Waals surface area contributed by atoms with Crippen molar-refractivity contribution in [2.75, 3.05) is 0 Å². The normalized spacial score (nSPS) is 11.7. The fraction of sp³-hybridized carbons (Fsp3) is 0. The maximum Gasteiger partial charge on any atom is 0.161 e. The van der Waals surface area contributed by atoms with Crippen molar-refractivity contribution in [2.24, 2.45) is 0 Å². The van der Waals surface area contributed by atoms with Gasteiger partial charge in [-0.25, -0.2) is 9.97 Å². The zero-order valence-corrected chi connectivity index (χ0v) is 29.0. The number of hydrogen-bond donors (Lipinski definition) is 0. The van der Waals surface area contributed by atoms with E-state index >= 15 is 0 Å². The molecule has 0 radical (unpaired) electrons. The lowest BCUT2D eigenvalue weighted by molar-refractivity contribution is 0.669. The highest BCUT2D eigenvalue weighted by Crippen LogP contribution is 2.40. The molecule has 0 unspecified atom stereocenters. The standard InChI is InChI=1S/C49H30N4O/c1-2-13-32(14-3-1)42-30-43(52-49(51-42)34-23-22-31-12-4-5-15-33(31)26-34)36-27-35(38-24-25-50-47-41-18-8-11-21-46(41)54-48(38)47)28-37(29-36)53-44-19-9-6-16-39(44)40-17-7-10-20-45(40)53/h1-30H. The Hall–Kier alpha value is -7.37. The number of pyridine rings is 1. The van der Waals surface area contributed by atoms with Crippen LogP contribution in [0.4, 0.5) is 0 Å². The van der Waals surface area contributed by atoms with Crippen molar-refractivity contribution in [1.82, 2.24) is 19.5 Å². The van der Waals surface area contributed by atoms with Crippen molar-refractivity contribution >= 4 is 54.6 Å². The van der Waals surface area contributed by atoms with Crippen molar-refractivity contribution in [3.63, 3.8) is 0 Å². The molecule has 0 spiro atoms. The Balaban J connectivity index is 1.21. The molecule has 0 atom stereocenters. The molecule has 0 saturated carbocycles. The molecule has 11 aromatic rings. The molecule has 5 nitrogen and oxygen atoms in total. The van der Waals surface area contributed by atoms with Crippen LogP contribution < -0.4 is 0 Å². The summed E-state index contributed by atoms with van der Waals surface area (Å²) in [7, 11) is 0. The van der Waals surface area contributed by atoms with E-state index in [-0.39, 0.29) is 0 Å². The van der Waals surface area contributed by atoms with Gasteiger partial charge in [-0.2, -0.15) is 0 Å². The maximum absolute atomic E-state index is 6.55. The summed E-state index contributed by atoms with van der Waals surface area (Å²) in [5, 5.41) is 5.73. The van der Waals surface area contributed by atoms with Gasteiger partial charge >= 0.3 is 0 Å². The zero-order chi connectivity index (χ0) is 35.6. The van der Waals surface area contributed by atoms with Crippen LogP contribution in [0.1, 0.15) is 0 Å². The number of benzene rings is 7. The summed E-state index contributed by atoms with van der Waals surface area (Å²) in [4.78, 5) is 15.3. The van der Waals surface area contributed by atoms with E-state index in [0.717, 1.165) is 83.4 Å².